The first kappa shape index (κ1) is 17.2. The minimum atomic E-state index is -0.650. The van der Waals surface area contributed by atoms with Gasteiger partial charge in [-0.05, 0) is 12.1 Å². The molecular formula is C14H12ClFN2O4S. The number of hydrogen-bond donors (Lipinski definition) is 1. The molecule has 1 aromatic carbocycles. The first-order valence-electron chi connectivity index (χ1n) is 6.27. The number of ether oxygens (including phenoxy) is 2. The molecule has 1 amide bonds. The Labute approximate surface area is 140 Å². The molecule has 9 heteroatoms. The number of thiazole rings is 1. The molecule has 0 aliphatic carbocycles. The number of methoxy groups -OCH3 is 2. The van der Waals surface area contributed by atoms with Crippen LogP contribution < -0.4 is 10.1 Å². The number of nitrogens with zero attached hydrogens (tertiary/aromatic N) is 1. The molecule has 0 atom stereocenters. The Kier molecular flexibility index (Phi) is 5.17. The van der Waals surface area contributed by atoms with Crippen molar-refractivity contribution in [3.05, 3.63) is 27.8 Å². The first-order valence-corrected chi connectivity index (χ1v) is 7.47. The monoisotopic (exact) mass is 358 g/mol. The molecule has 0 spiro atoms. The van der Waals surface area contributed by atoms with Crippen molar-refractivity contribution in [2.75, 3.05) is 19.5 Å². The maximum Gasteiger partial charge on any atom is 0.351 e. The smallest absolute Gasteiger partial charge is 0.351 e. The van der Waals surface area contributed by atoms with Crippen LogP contribution in [0.1, 0.15) is 16.6 Å². The molecule has 0 saturated carbocycles. The Balaban J connectivity index is 2.58. The number of benzene rings is 1. The third-order valence-electron chi connectivity index (χ3n) is 2.76. The second-order valence-electron chi connectivity index (χ2n) is 4.34. The molecule has 23 heavy (non-hydrogen) atoms. The van der Waals surface area contributed by atoms with Crippen LogP contribution in [0.2, 0.25) is 5.02 Å². The molecule has 0 radical (unpaired) electrons. The lowest BCUT2D eigenvalue weighted by molar-refractivity contribution is -0.114. The van der Waals surface area contributed by atoms with E-state index in [1.54, 1.807) is 0 Å². The number of hydrogen-bond acceptors (Lipinski definition) is 6. The van der Waals surface area contributed by atoms with Crippen LogP contribution in [0.15, 0.2) is 12.1 Å². The van der Waals surface area contributed by atoms with Gasteiger partial charge in [0.05, 0.1) is 19.2 Å². The molecule has 0 unspecified atom stereocenters. The van der Waals surface area contributed by atoms with E-state index in [9.17, 15) is 14.0 Å². The Morgan fingerprint density at radius 1 is 1.35 bits per heavy atom. The van der Waals surface area contributed by atoms with Gasteiger partial charge in [-0.25, -0.2) is 14.2 Å². The first-order chi connectivity index (χ1) is 10.9. The van der Waals surface area contributed by atoms with Crippen molar-refractivity contribution in [3.8, 4) is 16.3 Å². The van der Waals surface area contributed by atoms with Gasteiger partial charge < -0.3 is 14.8 Å². The fraction of sp³-hybridized carbons (Fsp3) is 0.214. The van der Waals surface area contributed by atoms with Crippen molar-refractivity contribution in [1.29, 1.82) is 0 Å². The highest BCUT2D eigenvalue weighted by atomic mass is 35.5. The molecule has 6 nitrogen and oxygen atoms in total. The highest BCUT2D eigenvalue weighted by Gasteiger charge is 2.22. The van der Waals surface area contributed by atoms with Gasteiger partial charge >= 0.3 is 5.97 Å². The van der Waals surface area contributed by atoms with Gasteiger partial charge in [-0.1, -0.05) is 11.6 Å². The summed E-state index contributed by atoms with van der Waals surface area (Å²) in [4.78, 5) is 27.3. The SMILES string of the molecule is COC(=O)c1sc(-c2cc(OC)c(F)cc2Cl)nc1NC(C)=O. The van der Waals surface area contributed by atoms with Gasteiger partial charge in [-0.15, -0.1) is 11.3 Å². The lowest BCUT2D eigenvalue weighted by Gasteiger charge is -2.06. The highest BCUT2D eigenvalue weighted by Crippen LogP contribution is 2.38. The van der Waals surface area contributed by atoms with Gasteiger partial charge in [0, 0.05) is 12.5 Å². The van der Waals surface area contributed by atoms with Gasteiger partial charge in [0.2, 0.25) is 5.91 Å². The van der Waals surface area contributed by atoms with E-state index in [-0.39, 0.29) is 21.5 Å². The largest absolute Gasteiger partial charge is 0.494 e. The van der Waals surface area contributed by atoms with E-state index in [2.05, 4.69) is 15.0 Å². The average Bonchev–Trinajstić information content (AvgIpc) is 2.89. The molecular weight excluding hydrogens is 347 g/mol. The predicted octanol–water partition coefficient (Wildman–Crippen LogP) is 3.36. The van der Waals surface area contributed by atoms with Crippen molar-refractivity contribution in [2.45, 2.75) is 6.92 Å². The van der Waals surface area contributed by atoms with E-state index in [0.717, 1.165) is 17.4 Å². The Morgan fingerprint density at radius 3 is 2.61 bits per heavy atom. The zero-order chi connectivity index (χ0) is 17.1. The summed E-state index contributed by atoms with van der Waals surface area (Å²) >= 11 is 7.01. The Morgan fingerprint density at radius 2 is 2.04 bits per heavy atom. The summed E-state index contributed by atoms with van der Waals surface area (Å²) in [5, 5.41) is 2.87. The highest BCUT2D eigenvalue weighted by molar-refractivity contribution is 7.17. The average molecular weight is 359 g/mol. The fourth-order valence-corrected chi connectivity index (χ4v) is 3.03. The van der Waals surface area contributed by atoms with Crippen molar-refractivity contribution in [2.24, 2.45) is 0 Å². The van der Waals surface area contributed by atoms with E-state index in [0.29, 0.717) is 10.6 Å². The molecule has 1 N–H and O–H groups in total. The van der Waals surface area contributed by atoms with E-state index in [1.165, 1.54) is 27.2 Å². The van der Waals surface area contributed by atoms with E-state index in [4.69, 9.17) is 16.3 Å². The van der Waals surface area contributed by atoms with Crippen LogP contribution in [-0.4, -0.2) is 31.1 Å². The van der Waals surface area contributed by atoms with Gasteiger partial charge in [0.15, 0.2) is 22.3 Å². The lowest BCUT2D eigenvalue weighted by atomic mass is 10.2. The van der Waals surface area contributed by atoms with Crippen molar-refractivity contribution in [3.63, 3.8) is 0 Å². The molecule has 0 saturated heterocycles. The van der Waals surface area contributed by atoms with Crippen LogP contribution in [0, 0.1) is 5.82 Å². The topological polar surface area (TPSA) is 77.5 Å². The molecule has 2 rings (SSSR count). The van der Waals surface area contributed by atoms with Crippen LogP contribution in [0.25, 0.3) is 10.6 Å². The molecule has 122 valence electrons. The van der Waals surface area contributed by atoms with E-state index >= 15 is 0 Å². The number of rotatable bonds is 4. The number of esters is 1. The summed E-state index contributed by atoms with van der Waals surface area (Å²) in [5.41, 5.74) is 0.372. The van der Waals surface area contributed by atoms with Crippen molar-refractivity contribution in [1.82, 2.24) is 4.98 Å². The predicted molar refractivity (Wildman–Crippen MR) is 84.7 cm³/mol. The van der Waals surface area contributed by atoms with Crippen LogP contribution in [-0.2, 0) is 9.53 Å². The summed E-state index contributed by atoms with van der Waals surface area (Å²) in [6, 6.07) is 2.46. The molecule has 0 aliphatic heterocycles. The zero-order valence-corrected chi connectivity index (χ0v) is 14.0. The fourth-order valence-electron chi connectivity index (χ4n) is 1.77. The number of nitrogens with one attached hydrogen (secondary N) is 1. The number of carbonyl (C=O) groups is 2. The Hall–Kier alpha value is -2.19. The number of amides is 1. The van der Waals surface area contributed by atoms with Crippen molar-refractivity contribution < 1.29 is 23.5 Å². The van der Waals surface area contributed by atoms with Crippen LogP contribution in [0.5, 0.6) is 5.75 Å². The third kappa shape index (κ3) is 3.59. The van der Waals surface area contributed by atoms with E-state index < -0.39 is 17.7 Å². The number of anilines is 1. The maximum absolute atomic E-state index is 13.6. The number of aromatic nitrogens is 1. The van der Waals surface area contributed by atoms with Crippen LogP contribution >= 0.6 is 22.9 Å². The quantitative estimate of drug-likeness (QED) is 0.848. The van der Waals surface area contributed by atoms with Crippen molar-refractivity contribution >= 4 is 40.6 Å². The van der Waals surface area contributed by atoms with Gasteiger partial charge in [0.25, 0.3) is 0 Å². The summed E-state index contributed by atoms with van der Waals surface area (Å²) < 4.78 is 23.2. The molecule has 1 heterocycles. The summed E-state index contributed by atoms with van der Waals surface area (Å²) in [6.45, 7) is 1.29. The summed E-state index contributed by atoms with van der Waals surface area (Å²) in [6.07, 6.45) is 0. The second kappa shape index (κ2) is 6.93. The van der Waals surface area contributed by atoms with Gasteiger partial charge in [-0.2, -0.15) is 0 Å². The normalized spacial score (nSPS) is 10.3. The molecule has 2 aromatic rings. The minimum absolute atomic E-state index is 0.0136. The third-order valence-corrected chi connectivity index (χ3v) is 4.15. The zero-order valence-electron chi connectivity index (χ0n) is 12.4. The number of halogens is 2. The van der Waals surface area contributed by atoms with Gasteiger partial charge in [0.1, 0.15) is 5.01 Å². The molecule has 1 aromatic heterocycles. The lowest BCUT2D eigenvalue weighted by Crippen LogP contribution is -2.10. The standard InChI is InChI=1S/C14H12ClFN2O4S/c1-6(19)17-12-11(14(20)22-3)23-13(18-12)7-4-10(21-2)9(16)5-8(7)15/h4-5H,1-3H3,(H,17,19). The minimum Gasteiger partial charge on any atom is -0.494 e. The van der Waals surface area contributed by atoms with Crippen LogP contribution in [0.3, 0.4) is 0 Å². The Bertz CT molecular complexity index is 778. The number of carbonyl (C=O) groups excluding carboxylic acids is 2. The summed E-state index contributed by atoms with van der Waals surface area (Å²) in [7, 11) is 2.54. The van der Waals surface area contributed by atoms with E-state index in [1.807, 2.05) is 0 Å². The van der Waals surface area contributed by atoms with Gasteiger partial charge in [-0.3, -0.25) is 4.79 Å². The summed E-state index contributed by atoms with van der Waals surface area (Å²) in [5.74, 6) is -1.62. The molecule has 0 fully saturated rings. The van der Waals surface area contributed by atoms with Crippen LogP contribution in [0.4, 0.5) is 10.2 Å². The molecule has 0 bridgehead atoms. The second-order valence-corrected chi connectivity index (χ2v) is 5.74. The molecule has 0 aliphatic rings. The maximum atomic E-state index is 13.6.